The van der Waals surface area contributed by atoms with Crippen LogP contribution < -0.4 is 5.32 Å². The van der Waals surface area contributed by atoms with Crippen molar-refractivity contribution in [2.24, 2.45) is 0 Å². The number of nitrogens with zero attached hydrogens (tertiary/aromatic N) is 2. The van der Waals surface area contributed by atoms with Crippen LogP contribution in [0.25, 0.3) is 0 Å². The lowest BCUT2D eigenvalue weighted by Crippen LogP contribution is -2.12. The van der Waals surface area contributed by atoms with E-state index in [4.69, 9.17) is 0 Å². The Morgan fingerprint density at radius 3 is 2.76 bits per heavy atom. The van der Waals surface area contributed by atoms with Crippen LogP contribution in [0.2, 0.25) is 0 Å². The summed E-state index contributed by atoms with van der Waals surface area (Å²) in [6, 6.07) is 6.98. The maximum atomic E-state index is 11.9. The Morgan fingerprint density at radius 2 is 2.12 bits per heavy atom. The Hall–Kier alpha value is -1.75. The van der Waals surface area contributed by atoms with E-state index in [0.717, 1.165) is 5.69 Å². The van der Waals surface area contributed by atoms with Crippen molar-refractivity contribution in [2.75, 3.05) is 5.32 Å². The molecule has 0 aliphatic carbocycles. The molecule has 0 saturated carbocycles. The van der Waals surface area contributed by atoms with Crippen LogP contribution >= 0.6 is 15.9 Å². The Labute approximate surface area is 107 Å². The quantitative estimate of drug-likeness (QED) is 0.866. The van der Waals surface area contributed by atoms with E-state index in [2.05, 4.69) is 31.2 Å². The fourth-order valence-corrected chi connectivity index (χ4v) is 1.65. The summed E-state index contributed by atoms with van der Waals surface area (Å²) in [4.78, 5) is 19.9. The Balaban J connectivity index is 2.14. The first-order chi connectivity index (χ1) is 8.15. The molecule has 0 aromatic carbocycles. The number of pyridine rings is 2. The zero-order chi connectivity index (χ0) is 12.3. The molecule has 0 fully saturated rings. The van der Waals surface area contributed by atoms with Gasteiger partial charge in [0.05, 0.1) is 11.9 Å². The Bertz CT molecular complexity index is 540. The molecule has 17 heavy (non-hydrogen) atoms. The summed E-state index contributed by atoms with van der Waals surface area (Å²) in [6.07, 6.45) is 3.20. The number of hydrogen-bond donors (Lipinski definition) is 1. The smallest absolute Gasteiger partial charge is 0.255 e. The second-order valence-corrected chi connectivity index (χ2v) is 4.32. The van der Waals surface area contributed by atoms with Gasteiger partial charge in [-0.05, 0) is 47.1 Å². The van der Waals surface area contributed by atoms with E-state index in [9.17, 15) is 4.79 Å². The van der Waals surface area contributed by atoms with Gasteiger partial charge in [-0.3, -0.25) is 9.78 Å². The van der Waals surface area contributed by atoms with Crippen molar-refractivity contribution in [1.29, 1.82) is 0 Å². The minimum Gasteiger partial charge on any atom is -0.321 e. The Kier molecular flexibility index (Phi) is 3.49. The van der Waals surface area contributed by atoms with Crippen molar-refractivity contribution in [3.05, 3.63) is 52.5 Å². The van der Waals surface area contributed by atoms with Crippen molar-refractivity contribution in [2.45, 2.75) is 6.92 Å². The highest BCUT2D eigenvalue weighted by atomic mass is 79.9. The first kappa shape index (κ1) is 11.7. The first-order valence-electron chi connectivity index (χ1n) is 5.01. The average Bonchev–Trinajstić information content (AvgIpc) is 2.32. The van der Waals surface area contributed by atoms with Gasteiger partial charge in [0.1, 0.15) is 4.60 Å². The minimum absolute atomic E-state index is 0.182. The summed E-state index contributed by atoms with van der Waals surface area (Å²) >= 11 is 3.22. The zero-order valence-corrected chi connectivity index (χ0v) is 10.7. The van der Waals surface area contributed by atoms with Crippen LogP contribution in [0.15, 0.2) is 41.3 Å². The number of amides is 1. The second-order valence-electron chi connectivity index (χ2n) is 3.51. The van der Waals surface area contributed by atoms with Crippen molar-refractivity contribution < 1.29 is 4.79 Å². The molecule has 2 aromatic heterocycles. The molecular weight excluding hydrogens is 282 g/mol. The van der Waals surface area contributed by atoms with Crippen LogP contribution in [0.1, 0.15) is 16.1 Å². The third-order valence-electron chi connectivity index (χ3n) is 2.16. The van der Waals surface area contributed by atoms with Crippen LogP contribution in [0, 0.1) is 6.92 Å². The van der Waals surface area contributed by atoms with Crippen molar-refractivity contribution in [3.8, 4) is 0 Å². The normalized spacial score (nSPS) is 10.0. The van der Waals surface area contributed by atoms with Gasteiger partial charge in [-0.25, -0.2) is 4.98 Å². The number of anilines is 1. The van der Waals surface area contributed by atoms with Crippen molar-refractivity contribution in [3.63, 3.8) is 0 Å². The highest BCUT2D eigenvalue weighted by molar-refractivity contribution is 9.10. The Morgan fingerprint density at radius 1 is 1.29 bits per heavy atom. The van der Waals surface area contributed by atoms with Gasteiger partial charge in [-0.2, -0.15) is 0 Å². The molecule has 0 unspecified atom stereocenters. The molecule has 4 nitrogen and oxygen atoms in total. The predicted molar refractivity (Wildman–Crippen MR) is 68.9 cm³/mol. The fourth-order valence-electron chi connectivity index (χ4n) is 1.29. The van der Waals surface area contributed by atoms with Crippen LogP contribution in [0.4, 0.5) is 5.69 Å². The largest absolute Gasteiger partial charge is 0.321 e. The summed E-state index contributed by atoms with van der Waals surface area (Å²) < 4.78 is 0.632. The fraction of sp³-hybridized carbons (Fsp3) is 0.0833. The number of nitrogens with one attached hydrogen (secondary N) is 1. The monoisotopic (exact) mass is 291 g/mol. The lowest BCUT2D eigenvalue weighted by atomic mass is 10.2. The highest BCUT2D eigenvalue weighted by Gasteiger charge is 2.06. The topological polar surface area (TPSA) is 54.9 Å². The second kappa shape index (κ2) is 5.05. The van der Waals surface area contributed by atoms with E-state index in [0.29, 0.717) is 15.9 Å². The van der Waals surface area contributed by atoms with Gasteiger partial charge in [0.2, 0.25) is 0 Å². The summed E-state index contributed by atoms with van der Waals surface area (Å²) in [5.41, 5.74) is 2.13. The molecule has 1 amide bonds. The number of hydrogen-bond acceptors (Lipinski definition) is 3. The molecule has 0 atom stereocenters. The highest BCUT2D eigenvalue weighted by Crippen LogP contribution is 2.11. The molecule has 1 N–H and O–H groups in total. The molecule has 0 aliphatic heterocycles. The lowest BCUT2D eigenvalue weighted by molar-refractivity contribution is 0.102. The standard InChI is InChI=1S/C12H10BrN3O/c1-8-2-3-10(7-15-8)16-12(17)9-4-5-14-11(13)6-9/h2-7H,1H3,(H,16,17). The maximum Gasteiger partial charge on any atom is 0.255 e. The SMILES string of the molecule is Cc1ccc(NC(=O)c2ccnc(Br)c2)cn1. The summed E-state index contributed by atoms with van der Waals surface area (Å²) in [5, 5.41) is 2.76. The lowest BCUT2D eigenvalue weighted by Gasteiger charge is -2.05. The number of carbonyl (C=O) groups excluding carboxylic acids is 1. The molecule has 5 heteroatoms. The molecule has 2 heterocycles. The number of rotatable bonds is 2. The molecule has 0 aliphatic rings. The van der Waals surface area contributed by atoms with Gasteiger partial charge >= 0.3 is 0 Å². The molecule has 0 bridgehead atoms. The number of halogens is 1. The van der Waals surface area contributed by atoms with Crippen molar-refractivity contribution in [1.82, 2.24) is 9.97 Å². The molecular formula is C12H10BrN3O. The summed E-state index contributed by atoms with van der Waals surface area (Å²) in [6.45, 7) is 1.89. The number of aryl methyl sites for hydroxylation is 1. The van der Waals surface area contributed by atoms with Gasteiger partial charge in [0.25, 0.3) is 5.91 Å². The van der Waals surface area contributed by atoms with E-state index in [1.807, 2.05) is 19.1 Å². The zero-order valence-electron chi connectivity index (χ0n) is 9.14. The van der Waals surface area contributed by atoms with Gasteiger partial charge in [0, 0.05) is 17.5 Å². The third kappa shape index (κ3) is 3.10. The van der Waals surface area contributed by atoms with Gasteiger partial charge in [-0.15, -0.1) is 0 Å². The van der Waals surface area contributed by atoms with Crippen LogP contribution in [-0.2, 0) is 0 Å². The van der Waals surface area contributed by atoms with E-state index < -0.39 is 0 Å². The van der Waals surface area contributed by atoms with Gasteiger partial charge < -0.3 is 5.32 Å². The molecule has 86 valence electrons. The third-order valence-corrected chi connectivity index (χ3v) is 2.59. The van der Waals surface area contributed by atoms with Gasteiger partial charge in [0.15, 0.2) is 0 Å². The number of carbonyl (C=O) groups is 1. The number of aromatic nitrogens is 2. The van der Waals surface area contributed by atoms with Crippen LogP contribution in [0.3, 0.4) is 0 Å². The molecule has 2 rings (SSSR count). The molecule has 2 aromatic rings. The molecule has 0 radical (unpaired) electrons. The van der Waals surface area contributed by atoms with Crippen LogP contribution in [-0.4, -0.2) is 15.9 Å². The predicted octanol–water partition coefficient (Wildman–Crippen LogP) is 2.80. The maximum absolute atomic E-state index is 11.9. The average molecular weight is 292 g/mol. The minimum atomic E-state index is -0.182. The molecule has 0 saturated heterocycles. The van der Waals surface area contributed by atoms with E-state index in [1.54, 1.807) is 24.5 Å². The van der Waals surface area contributed by atoms with Gasteiger partial charge in [-0.1, -0.05) is 0 Å². The molecule has 0 spiro atoms. The van der Waals surface area contributed by atoms with E-state index in [-0.39, 0.29) is 5.91 Å². The first-order valence-corrected chi connectivity index (χ1v) is 5.80. The summed E-state index contributed by atoms with van der Waals surface area (Å²) in [5.74, 6) is -0.182. The van der Waals surface area contributed by atoms with Crippen LogP contribution in [0.5, 0.6) is 0 Å². The van der Waals surface area contributed by atoms with E-state index in [1.165, 1.54) is 0 Å². The summed E-state index contributed by atoms with van der Waals surface area (Å²) in [7, 11) is 0. The van der Waals surface area contributed by atoms with Crippen molar-refractivity contribution >= 4 is 27.5 Å². The van der Waals surface area contributed by atoms with E-state index >= 15 is 0 Å².